The van der Waals surface area contributed by atoms with Gasteiger partial charge in [-0.1, -0.05) is 381 Å². The van der Waals surface area contributed by atoms with E-state index in [9.17, 15) is 39.0 Å². The molecule has 7 aliphatic heterocycles. The highest BCUT2D eigenvalue weighted by Gasteiger charge is 2.43. The van der Waals surface area contributed by atoms with Gasteiger partial charge in [0.25, 0.3) is 0 Å². The lowest BCUT2D eigenvalue weighted by Crippen LogP contribution is -2.50. The molecule has 0 aromatic carbocycles. The Kier molecular flexibility index (Phi) is 61.8. The maximum Gasteiger partial charge on any atom is 0.309 e. The van der Waals surface area contributed by atoms with E-state index in [2.05, 4.69) is 317 Å². The molecule has 18 heteroatoms. The summed E-state index contributed by atoms with van der Waals surface area (Å²) in [5.41, 5.74) is 3.45. The van der Waals surface area contributed by atoms with Crippen molar-refractivity contribution in [2.24, 2.45) is 117 Å². The van der Waals surface area contributed by atoms with Crippen LogP contribution in [0, 0.1) is 117 Å². The molecule has 7 rings (SSSR count). The molecule has 2 N–H and O–H groups in total. The van der Waals surface area contributed by atoms with E-state index in [1.807, 2.05) is 14.7 Å². The van der Waals surface area contributed by atoms with E-state index in [1.54, 1.807) is 0 Å². The zero-order valence-corrected chi connectivity index (χ0v) is 105. The van der Waals surface area contributed by atoms with Crippen LogP contribution >= 0.6 is 0 Å². The van der Waals surface area contributed by atoms with Crippen molar-refractivity contribution in [1.82, 2.24) is 34.3 Å². The Balaban J connectivity index is 0.000000846. The first kappa shape index (κ1) is 140. The molecule has 5 amide bonds. The van der Waals surface area contributed by atoms with Crippen LogP contribution in [0.4, 0.5) is 0 Å². The number of hydrogen-bond donors (Lipinski definition) is 2. The standard InChI is InChI=1S/C19H38N2O.C19H37NO2.2C18H35NO2.C18H35NO.C18H37N.C17H32O3/c1-18(2,3)11-9-8-10-16(19(4,5)6)17(22)21-14-12-20(7)13-15-21;1-18(2,3)12-8-7-9-16(19(4,5)6)17(22)20-13-10-15(21)11-14-20;1-17(2,3)11-8-7-9-15(18(4,5)6)16(21)19-12-10-14(20)13-19;1-17(2,3)10-8-7-9-15(18(4,5)6)16(20)19-11-13-21-14-12-19;1-17(2,3)12-8-7-11-15(18(4,5)6)16(20)19-13-9-10-14-19;1-17(2,3)12-8-7-11-16(18(4,5)6)15-19-13-9-10-14-19;1-16(2,3)10-8-7-9-14(17(4,5)6)15(18)20-13-11-19-12-13/h16H,8-15H2,1-7H3;15-16,21H,7-14H2,1-6H3;14-15,20H,7-13H2,1-6H3;15H,7-14H2,1-6H3;15H,7-14H2,1-6H3;16H,7-15H2,1-6H3;13-14H,7-12H2,1-6H3. The molecule has 0 radical (unpaired) electrons. The normalized spacial score (nSPS) is 19.4. The van der Waals surface area contributed by atoms with Gasteiger partial charge in [-0.2, -0.15) is 0 Å². The minimum atomic E-state index is -0.324. The fraction of sp³-hybridized carbons (Fsp3) is 0.953. The van der Waals surface area contributed by atoms with Gasteiger partial charge in [0.1, 0.15) is 6.10 Å². The van der Waals surface area contributed by atoms with Crippen LogP contribution in [0.2, 0.25) is 0 Å². The van der Waals surface area contributed by atoms with Crippen LogP contribution in [0.1, 0.15) is 516 Å². The topological polar surface area (TPSA) is 193 Å². The fourth-order valence-electron chi connectivity index (χ4n) is 21.1. The lowest BCUT2D eigenvalue weighted by molar-refractivity contribution is -0.180. The van der Waals surface area contributed by atoms with E-state index in [-0.39, 0.29) is 98.2 Å². The van der Waals surface area contributed by atoms with E-state index in [0.717, 1.165) is 142 Å². The van der Waals surface area contributed by atoms with Crippen LogP contribution in [0.5, 0.6) is 0 Å². The molecule has 8 unspecified atom stereocenters. The summed E-state index contributed by atoms with van der Waals surface area (Å²) in [6.45, 7) is 111. The molecular weight excluding hydrogens is 1800 g/mol. The highest BCUT2D eigenvalue weighted by molar-refractivity contribution is 5.82. The van der Waals surface area contributed by atoms with Gasteiger partial charge in [0.2, 0.25) is 29.5 Å². The number of esters is 1. The number of morpholine rings is 1. The highest BCUT2D eigenvalue weighted by atomic mass is 16.6. The van der Waals surface area contributed by atoms with Crippen LogP contribution in [0.25, 0.3) is 0 Å². The Labute approximate surface area is 900 Å². The third kappa shape index (κ3) is 65.1. The zero-order valence-electron chi connectivity index (χ0n) is 105. The molecule has 7 fully saturated rings. The summed E-state index contributed by atoms with van der Waals surface area (Å²) in [4.78, 5) is 91.4. The lowest BCUT2D eigenvalue weighted by Gasteiger charge is -2.38. The number of piperazine rings is 1. The molecule has 8 atom stereocenters. The highest BCUT2D eigenvalue weighted by Crippen LogP contribution is 2.43. The molecule has 7 saturated heterocycles. The second kappa shape index (κ2) is 64.2. The smallest absolute Gasteiger partial charge is 0.309 e. The van der Waals surface area contributed by atoms with Gasteiger partial charge in [-0.25, -0.2) is 0 Å². The number of carbonyl (C=O) groups is 6. The molecule has 0 aliphatic carbocycles. The molecule has 0 aromatic heterocycles. The Bertz CT molecular complexity index is 3350. The van der Waals surface area contributed by atoms with Gasteiger partial charge in [-0.05, 0) is 237 Å². The minimum absolute atomic E-state index is 0.00758. The number of aliphatic hydroxyl groups is 2. The molecule has 7 heterocycles. The van der Waals surface area contributed by atoms with E-state index < -0.39 is 0 Å². The van der Waals surface area contributed by atoms with Gasteiger partial charge in [-0.15, -0.1) is 0 Å². The molecular formula is C127H249N7O11. The van der Waals surface area contributed by atoms with E-state index in [4.69, 9.17) is 14.2 Å². The zero-order chi connectivity index (χ0) is 112. The molecule has 0 saturated carbocycles. The lowest BCUT2D eigenvalue weighted by atomic mass is 9.76. The quantitative estimate of drug-likeness (QED) is 0.0441. The molecule has 0 spiro atoms. The number of ether oxygens (including phenoxy) is 3. The predicted molar refractivity (Wildman–Crippen MR) is 619 cm³/mol. The largest absolute Gasteiger partial charge is 0.457 e. The first-order valence-corrected chi connectivity index (χ1v) is 59.6. The molecule has 858 valence electrons. The molecule has 0 aromatic rings. The van der Waals surface area contributed by atoms with Crippen molar-refractivity contribution in [3.05, 3.63) is 0 Å². The summed E-state index contributed by atoms with van der Waals surface area (Å²) in [7, 11) is 2.13. The van der Waals surface area contributed by atoms with Gasteiger partial charge in [-0.3, -0.25) is 28.8 Å². The summed E-state index contributed by atoms with van der Waals surface area (Å²) >= 11 is 0. The summed E-state index contributed by atoms with van der Waals surface area (Å²) in [6.07, 6.45) is 39.8. The number of hydrogen-bond acceptors (Lipinski definition) is 13. The molecule has 7 aliphatic rings. The van der Waals surface area contributed by atoms with Crippen molar-refractivity contribution < 1.29 is 53.2 Å². The number of amides is 5. The molecule has 145 heavy (non-hydrogen) atoms. The first-order chi connectivity index (χ1) is 66.0. The van der Waals surface area contributed by atoms with Crippen molar-refractivity contribution in [1.29, 1.82) is 0 Å². The van der Waals surface area contributed by atoms with Crippen molar-refractivity contribution in [3.63, 3.8) is 0 Å². The Hall–Kier alpha value is -3.42. The number of unbranched alkanes of at least 4 members (excludes halogenated alkanes) is 7. The number of rotatable bonds is 37. The van der Waals surface area contributed by atoms with Gasteiger partial charge in [0.05, 0.1) is 44.6 Å². The van der Waals surface area contributed by atoms with Crippen molar-refractivity contribution in [3.8, 4) is 0 Å². The van der Waals surface area contributed by atoms with Crippen LogP contribution in [0.3, 0.4) is 0 Å². The summed E-state index contributed by atoms with van der Waals surface area (Å²) < 4.78 is 15.9. The van der Waals surface area contributed by atoms with Crippen LogP contribution in [-0.4, -0.2) is 230 Å². The van der Waals surface area contributed by atoms with Crippen LogP contribution in [0.15, 0.2) is 0 Å². The number of likely N-dealkylation sites (N-methyl/N-ethyl adjacent to an activating group) is 1. The average Bonchev–Trinajstić information content (AvgIpc) is 1.55. The Morgan fingerprint density at radius 1 is 0.269 bits per heavy atom. The summed E-state index contributed by atoms with van der Waals surface area (Å²) in [5.74, 6) is 3.15. The van der Waals surface area contributed by atoms with Crippen molar-refractivity contribution >= 4 is 35.5 Å². The maximum absolute atomic E-state index is 13.0. The van der Waals surface area contributed by atoms with Gasteiger partial charge in [0, 0.05) is 115 Å². The number of nitrogens with zero attached hydrogens (tertiary/aromatic N) is 7. The second-order valence-electron chi connectivity index (χ2n) is 62.2. The van der Waals surface area contributed by atoms with Crippen molar-refractivity contribution in [2.45, 2.75) is 534 Å². The summed E-state index contributed by atoms with van der Waals surface area (Å²) in [5, 5.41) is 19.3. The van der Waals surface area contributed by atoms with Crippen molar-refractivity contribution in [2.75, 3.05) is 132 Å². The third-order valence-electron chi connectivity index (χ3n) is 31.4. The van der Waals surface area contributed by atoms with E-state index >= 15 is 0 Å². The Morgan fingerprint density at radius 2 is 0.510 bits per heavy atom. The van der Waals surface area contributed by atoms with Gasteiger partial charge < -0.3 is 58.7 Å². The molecule has 0 bridgehead atoms. The van der Waals surface area contributed by atoms with Crippen LogP contribution < -0.4 is 0 Å². The van der Waals surface area contributed by atoms with Crippen LogP contribution in [-0.2, 0) is 43.0 Å². The minimum Gasteiger partial charge on any atom is -0.457 e. The number of β-amino-alcohol motifs (C(OH)–C–C–N with tert-alkyl or cyclic N) is 1. The average molecular weight is 2050 g/mol. The Morgan fingerprint density at radius 3 is 0.766 bits per heavy atom. The third-order valence-corrected chi connectivity index (χ3v) is 31.4. The molecule has 18 nitrogen and oxygen atoms in total. The number of carbonyl (C=O) groups excluding carboxylic acids is 6. The van der Waals surface area contributed by atoms with Gasteiger partial charge in [0.15, 0.2) is 0 Å². The van der Waals surface area contributed by atoms with Gasteiger partial charge >= 0.3 is 5.97 Å². The second-order valence-corrected chi connectivity index (χ2v) is 62.2. The monoisotopic (exact) mass is 2050 g/mol. The van der Waals surface area contributed by atoms with E-state index in [1.165, 1.54) is 161 Å². The SMILES string of the molecule is CC(C)(C)CCCCC(C(=O)N1CCC(O)C1)C(C)(C)C.CC(C)(C)CCCCC(C(=O)N1CCC(O)CC1)C(C)(C)C.CC(C)(C)CCCCC(C(=O)N1CCCC1)C(C)(C)C.CC(C)(C)CCCCC(C(=O)N1CCOCC1)C(C)(C)C.CC(C)(C)CCCCC(C(=O)OC1COC1)C(C)(C)C.CC(C)(C)CCCCC(CN1CCCC1)C(C)(C)C.CN1CCN(C(=O)C(CCCCC(C)(C)C)C(C)(C)C)CC1. The fourth-order valence-corrected chi connectivity index (χ4v) is 21.1. The number of aliphatic hydroxyl groups excluding tert-OH is 2. The predicted octanol–water partition coefficient (Wildman–Crippen LogP) is 30.7. The summed E-state index contributed by atoms with van der Waals surface area (Å²) in [6, 6.07) is 0. The number of piperidine rings is 1. The van der Waals surface area contributed by atoms with E-state index in [0.29, 0.717) is 120 Å². The maximum atomic E-state index is 13.0. The first-order valence-electron chi connectivity index (χ1n) is 59.6. The number of likely N-dealkylation sites (tertiary alicyclic amines) is 4.